The Kier molecular flexibility index (Phi) is 8.76. The average Bonchev–Trinajstić information content (AvgIpc) is 4.21. The van der Waals surface area contributed by atoms with Gasteiger partial charge in [0.25, 0.3) is 0 Å². The first-order valence-corrected chi connectivity index (χ1v) is 24.7. The van der Waals surface area contributed by atoms with Crippen molar-refractivity contribution in [3.05, 3.63) is 224 Å². The Labute approximate surface area is 415 Å². The number of nitrogens with zero attached hydrogens (tertiary/aromatic N) is 6. The van der Waals surface area contributed by atoms with Gasteiger partial charge in [0.15, 0.2) is 17.5 Å². The van der Waals surface area contributed by atoms with Crippen LogP contribution in [0.15, 0.2) is 223 Å². The normalized spacial score (nSPS) is 11.9. The fraction of sp³-hybridized carbons (Fsp3) is 0. The van der Waals surface area contributed by atoms with Crippen LogP contribution in [0.5, 0.6) is 0 Å². The van der Waals surface area contributed by atoms with E-state index in [1.807, 2.05) is 78.1 Å². The first-order valence-electron chi connectivity index (χ1n) is 23.9. The van der Waals surface area contributed by atoms with Gasteiger partial charge in [0.05, 0.1) is 38.9 Å². The summed E-state index contributed by atoms with van der Waals surface area (Å²) in [6.45, 7) is 0. The molecule has 0 atom stereocenters. The molecule has 0 saturated carbocycles. The highest BCUT2D eigenvalue weighted by Gasteiger charge is 2.24. The molecule has 0 aliphatic carbocycles. The van der Waals surface area contributed by atoms with E-state index in [9.17, 15) is 5.26 Å². The topological polar surface area (TPSA) is 85.5 Å². The molecule has 15 rings (SSSR count). The summed E-state index contributed by atoms with van der Waals surface area (Å²) in [5, 5.41) is 20.2. The van der Waals surface area contributed by atoms with Crippen molar-refractivity contribution in [2.24, 2.45) is 0 Å². The highest BCUT2D eigenvalue weighted by atomic mass is 32.1. The van der Waals surface area contributed by atoms with E-state index in [0.717, 1.165) is 93.6 Å². The Morgan fingerprint density at radius 2 is 1.06 bits per heavy atom. The molecule has 0 unspecified atom stereocenters. The van der Waals surface area contributed by atoms with Gasteiger partial charge >= 0.3 is 0 Å². The Bertz CT molecular complexity index is 4760. The molecule has 72 heavy (non-hydrogen) atoms. The zero-order valence-electron chi connectivity index (χ0n) is 38.3. The summed E-state index contributed by atoms with van der Waals surface area (Å²) < 4.78 is 13.7. The summed E-state index contributed by atoms with van der Waals surface area (Å²) in [5.41, 5.74) is 12.6. The van der Waals surface area contributed by atoms with Gasteiger partial charge < -0.3 is 13.6 Å². The van der Waals surface area contributed by atoms with Crippen molar-refractivity contribution in [3.8, 4) is 62.7 Å². The molecule has 0 amide bonds. The van der Waals surface area contributed by atoms with Crippen LogP contribution in [0.3, 0.4) is 0 Å². The molecule has 0 saturated heterocycles. The maximum absolute atomic E-state index is 11.3. The summed E-state index contributed by atoms with van der Waals surface area (Å²) in [7, 11) is 0. The molecule has 0 spiro atoms. The minimum atomic E-state index is 0.446. The quantitative estimate of drug-likeness (QED) is 0.166. The van der Waals surface area contributed by atoms with Gasteiger partial charge in [-0.3, -0.25) is 0 Å². The standard InChI is InChI=1S/C64H36N6OS/c65-37-42-35-41(63-66-62(40-27-25-39(26-28-40)38-13-2-1-3-14-38)67-64(68-63)50-20-12-19-48-45-16-6-10-23-56(45)71-61(48)50)29-32-52(42)70-53-21-8-4-15-44(53)47-31-33-55-59(60(47)70)49-18-5-9-22-54(49)69(55)43-30-34-58-51(36-43)46-17-7-11-24-57(46)72-58/h1-36H. The molecule has 5 heterocycles. The van der Waals surface area contributed by atoms with Crippen molar-refractivity contribution in [1.82, 2.24) is 24.1 Å². The minimum absolute atomic E-state index is 0.446. The maximum Gasteiger partial charge on any atom is 0.167 e. The third-order valence-corrected chi connectivity index (χ3v) is 15.4. The molecule has 334 valence electrons. The lowest BCUT2D eigenvalue weighted by molar-refractivity contribution is 0.669. The zero-order chi connectivity index (χ0) is 47.4. The van der Waals surface area contributed by atoms with Gasteiger partial charge in [0, 0.05) is 69.3 Å². The van der Waals surface area contributed by atoms with Crippen LogP contribution in [-0.2, 0) is 0 Å². The summed E-state index contributed by atoms with van der Waals surface area (Å²) in [5.74, 6) is 1.43. The molecule has 0 fully saturated rings. The number of fused-ring (bicyclic) bond motifs is 13. The highest BCUT2D eigenvalue weighted by Crippen LogP contribution is 2.44. The second-order valence-electron chi connectivity index (χ2n) is 18.2. The monoisotopic (exact) mass is 936 g/mol. The van der Waals surface area contributed by atoms with Crippen LogP contribution in [0.2, 0.25) is 0 Å². The van der Waals surface area contributed by atoms with Gasteiger partial charge in [-0.2, -0.15) is 5.26 Å². The van der Waals surface area contributed by atoms with Gasteiger partial charge in [-0.15, -0.1) is 11.3 Å². The van der Waals surface area contributed by atoms with E-state index in [-0.39, 0.29) is 0 Å². The number of aromatic nitrogens is 5. The molecule has 7 nitrogen and oxygen atoms in total. The highest BCUT2D eigenvalue weighted by molar-refractivity contribution is 7.25. The Morgan fingerprint density at radius 3 is 1.89 bits per heavy atom. The van der Waals surface area contributed by atoms with Crippen LogP contribution >= 0.6 is 11.3 Å². The largest absolute Gasteiger partial charge is 0.455 e. The third-order valence-electron chi connectivity index (χ3n) is 14.2. The molecule has 8 heteroatoms. The van der Waals surface area contributed by atoms with Crippen molar-refractivity contribution in [1.29, 1.82) is 5.26 Å². The van der Waals surface area contributed by atoms with E-state index in [2.05, 4.69) is 167 Å². The predicted molar refractivity (Wildman–Crippen MR) is 295 cm³/mol. The van der Waals surface area contributed by atoms with Crippen LogP contribution in [0.4, 0.5) is 0 Å². The third kappa shape index (κ3) is 6.05. The van der Waals surface area contributed by atoms with E-state index in [1.165, 1.54) is 20.2 Å². The van der Waals surface area contributed by atoms with E-state index >= 15 is 0 Å². The number of benzene rings is 10. The first kappa shape index (κ1) is 40.2. The zero-order valence-corrected chi connectivity index (χ0v) is 39.1. The molecule has 0 radical (unpaired) electrons. The molecule has 15 aromatic rings. The number of thiophene rings is 1. The second-order valence-corrected chi connectivity index (χ2v) is 19.3. The average molecular weight is 937 g/mol. The van der Waals surface area contributed by atoms with Crippen molar-refractivity contribution in [2.75, 3.05) is 0 Å². The second kappa shape index (κ2) is 15.7. The van der Waals surface area contributed by atoms with Gasteiger partial charge in [0.2, 0.25) is 0 Å². The summed E-state index contributed by atoms with van der Waals surface area (Å²) in [6.07, 6.45) is 0. The van der Waals surface area contributed by atoms with Crippen LogP contribution in [0.25, 0.3) is 142 Å². The number of furan rings is 1. The van der Waals surface area contributed by atoms with E-state index in [4.69, 9.17) is 19.4 Å². The summed E-state index contributed by atoms with van der Waals surface area (Å²) >= 11 is 1.83. The van der Waals surface area contributed by atoms with Crippen molar-refractivity contribution in [3.63, 3.8) is 0 Å². The molecule has 10 aromatic carbocycles. The summed E-state index contributed by atoms with van der Waals surface area (Å²) in [6, 6.07) is 78.5. The lowest BCUT2D eigenvalue weighted by atomic mass is 10.0. The molecular formula is C64H36N6OS. The van der Waals surface area contributed by atoms with Gasteiger partial charge in [0.1, 0.15) is 17.2 Å². The molecule has 0 N–H and O–H groups in total. The predicted octanol–water partition coefficient (Wildman–Crippen LogP) is 16.9. The van der Waals surface area contributed by atoms with Gasteiger partial charge in [-0.1, -0.05) is 146 Å². The maximum atomic E-state index is 11.3. The first-order chi connectivity index (χ1) is 35.6. The van der Waals surface area contributed by atoms with Crippen molar-refractivity contribution >= 4 is 97.1 Å². The van der Waals surface area contributed by atoms with E-state index in [1.54, 1.807) is 0 Å². The van der Waals surface area contributed by atoms with Crippen LogP contribution in [0, 0.1) is 11.3 Å². The van der Waals surface area contributed by atoms with Crippen molar-refractivity contribution in [2.45, 2.75) is 0 Å². The fourth-order valence-electron chi connectivity index (χ4n) is 11.0. The van der Waals surface area contributed by atoms with Gasteiger partial charge in [-0.05, 0) is 83.9 Å². The lowest BCUT2D eigenvalue weighted by Crippen LogP contribution is -2.02. The van der Waals surface area contributed by atoms with Gasteiger partial charge in [-0.25, -0.2) is 15.0 Å². The Morgan fingerprint density at radius 1 is 0.417 bits per heavy atom. The molecule has 5 aromatic heterocycles. The molecular weight excluding hydrogens is 901 g/mol. The Balaban J connectivity index is 0.936. The van der Waals surface area contributed by atoms with Crippen LogP contribution in [-0.4, -0.2) is 24.1 Å². The SMILES string of the molecule is N#Cc1cc(-c2nc(-c3ccc(-c4ccccc4)cc3)nc(-c3cccc4c3oc3ccccc34)n2)ccc1-n1c2ccccc2c2ccc3c(c4ccccc4n3-c3ccc4sc5ccccc5c4c3)c21. The van der Waals surface area contributed by atoms with Crippen LogP contribution in [0.1, 0.15) is 5.56 Å². The molecule has 0 bridgehead atoms. The van der Waals surface area contributed by atoms with Crippen molar-refractivity contribution < 1.29 is 4.42 Å². The number of hydrogen-bond acceptors (Lipinski definition) is 6. The van der Waals surface area contributed by atoms with Crippen LogP contribution < -0.4 is 0 Å². The molecule has 0 aliphatic rings. The number of para-hydroxylation sites is 4. The Hall–Kier alpha value is -9.68. The molecule has 0 aliphatic heterocycles. The number of hydrogen-bond donors (Lipinski definition) is 0. The summed E-state index contributed by atoms with van der Waals surface area (Å²) in [4.78, 5) is 15.5. The van der Waals surface area contributed by atoms with E-state index < -0.39 is 0 Å². The number of rotatable bonds is 6. The minimum Gasteiger partial charge on any atom is -0.455 e. The smallest absolute Gasteiger partial charge is 0.167 e. The fourth-order valence-corrected chi connectivity index (χ4v) is 12.1. The number of nitriles is 1. The lowest BCUT2D eigenvalue weighted by Gasteiger charge is -2.13. The van der Waals surface area contributed by atoms with E-state index in [0.29, 0.717) is 34.2 Å².